The Kier molecular flexibility index (Phi) is 4.43. The first-order valence-electron chi connectivity index (χ1n) is 10.0. The first kappa shape index (κ1) is 18.3. The smallest absolute Gasteiger partial charge is 0.247 e. The van der Waals surface area contributed by atoms with Crippen molar-refractivity contribution in [3.8, 4) is 0 Å². The number of hydrogen-bond donors (Lipinski definition) is 2. The summed E-state index contributed by atoms with van der Waals surface area (Å²) in [5.41, 5.74) is 3.86. The zero-order valence-corrected chi connectivity index (χ0v) is 16.9. The van der Waals surface area contributed by atoms with Gasteiger partial charge in [-0.2, -0.15) is 0 Å². The van der Waals surface area contributed by atoms with E-state index in [9.17, 15) is 4.79 Å². The van der Waals surface area contributed by atoms with Gasteiger partial charge in [0, 0.05) is 36.0 Å². The number of aryl methyl sites for hydroxylation is 1. The van der Waals surface area contributed by atoms with Gasteiger partial charge in [0.25, 0.3) is 0 Å². The summed E-state index contributed by atoms with van der Waals surface area (Å²) < 4.78 is 0. The third kappa shape index (κ3) is 3.18. The SMILES string of the molecule is Cc1nc(NC(C)c2ccccc2)c2c(n1)N1CCN=C1C(c1ccc(=O)[nH]c1)=C2. The molecule has 3 aromatic rings. The van der Waals surface area contributed by atoms with Gasteiger partial charge in [0.1, 0.15) is 23.3 Å². The van der Waals surface area contributed by atoms with E-state index >= 15 is 0 Å². The fourth-order valence-electron chi connectivity index (χ4n) is 3.93. The van der Waals surface area contributed by atoms with Crippen LogP contribution in [-0.2, 0) is 0 Å². The molecule has 7 nitrogen and oxygen atoms in total. The van der Waals surface area contributed by atoms with Crippen LogP contribution in [0.4, 0.5) is 11.6 Å². The van der Waals surface area contributed by atoms with E-state index in [2.05, 4.69) is 40.3 Å². The predicted molar refractivity (Wildman–Crippen MR) is 120 cm³/mol. The van der Waals surface area contributed by atoms with Crippen molar-refractivity contribution in [2.45, 2.75) is 19.9 Å². The van der Waals surface area contributed by atoms with Crippen LogP contribution < -0.4 is 15.8 Å². The Morgan fingerprint density at radius 1 is 1.13 bits per heavy atom. The van der Waals surface area contributed by atoms with Gasteiger partial charge in [-0.1, -0.05) is 30.3 Å². The molecule has 0 amide bonds. The Bertz CT molecular complexity index is 1210. The highest BCUT2D eigenvalue weighted by Crippen LogP contribution is 2.38. The van der Waals surface area contributed by atoms with Gasteiger partial charge >= 0.3 is 0 Å². The average molecular weight is 398 g/mol. The van der Waals surface area contributed by atoms with Crippen LogP contribution in [-0.4, -0.2) is 33.9 Å². The van der Waals surface area contributed by atoms with Crippen molar-refractivity contribution in [2.75, 3.05) is 23.3 Å². The lowest BCUT2D eigenvalue weighted by Crippen LogP contribution is -2.33. The highest BCUT2D eigenvalue weighted by molar-refractivity contribution is 6.36. The van der Waals surface area contributed by atoms with Gasteiger partial charge in [0.2, 0.25) is 5.56 Å². The molecule has 0 bridgehead atoms. The van der Waals surface area contributed by atoms with Crippen LogP contribution in [0.25, 0.3) is 11.6 Å². The summed E-state index contributed by atoms with van der Waals surface area (Å²) in [6.45, 7) is 5.51. The summed E-state index contributed by atoms with van der Waals surface area (Å²) in [4.78, 5) is 30.6. The number of aromatic amines is 1. The van der Waals surface area contributed by atoms with Gasteiger partial charge in [0.15, 0.2) is 0 Å². The number of nitrogens with zero attached hydrogens (tertiary/aromatic N) is 4. The molecule has 1 atom stereocenters. The fraction of sp³-hybridized carbons (Fsp3) is 0.217. The van der Waals surface area contributed by atoms with E-state index in [1.807, 2.05) is 31.2 Å². The van der Waals surface area contributed by atoms with Crippen molar-refractivity contribution in [3.05, 3.63) is 81.5 Å². The highest BCUT2D eigenvalue weighted by atomic mass is 16.1. The summed E-state index contributed by atoms with van der Waals surface area (Å²) in [5.74, 6) is 3.26. The molecule has 0 aliphatic carbocycles. The third-order valence-electron chi connectivity index (χ3n) is 5.41. The number of fused-ring (bicyclic) bond motifs is 3. The zero-order chi connectivity index (χ0) is 20.7. The minimum atomic E-state index is -0.126. The molecular weight excluding hydrogens is 376 g/mol. The van der Waals surface area contributed by atoms with Gasteiger partial charge in [-0.25, -0.2) is 9.97 Å². The zero-order valence-electron chi connectivity index (χ0n) is 16.9. The number of anilines is 2. The lowest BCUT2D eigenvalue weighted by Gasteiger charge is -2.29. The fourth-order valence-corrected chi connectivity index (χ4v) is 3.93. The molecule has 2 N–H and O–H groups in total. The predicted octanol–water partition coefficient (Wildman–Crippen LogP) is 3.42. The Hall–Kier alpha value is -3.74. The van der Waals surface area contributed by atoms with Crippen molar-refractivity contribution in [3.63, 3.8) is 0 Å². The second-order valence-corrected chi connectivity index (χ2v) is 7.49. The Morgan fingerprint density at radius 3 is 2.73 bits per heavy atom. The van der Waals surface area contributed by atoms with Crippen LogP contribution in [0, 0.1) is 6.92 Å². The van der Waals surface area contributed by atoms with Gasteiger partial charge < -0.3 is 15.2 Å². The third-order valence-corrected chi connectivity index (χ3v) is 5.41. The summed E-state index contributed by atoms with van der Waals surface area (Å²) >= 11 is 0. The quantitative estimate of drug-likeness (QED) is 0.703. The molecule has 0 saturated heterocycles. The van der Waals surface area contributed by atoms with Crippen molar-refractivity contribution in [1.82, 2.24) is 15.0 Å². The number of aliphatic imine (C=N–C) groups is 1. The molecule has 150 valence electrons. The Balaban J connectivity index is 1.62. The van der Waals surface area contributed by atoms with E-state index in [0.29, 0.717) is 12.4 Å². The molecule has 4 heterocycles. The number of hydrogen-bond acceptors (Lipinski definition) is 6. The number of pyridine rings is 1. The largest absolute Gasteiger partial charge is 0.363 e. The topological polar surface area (TPSA) is 86.3 Å². The van der Waals surface area contributed by atoms with Crippen molar-refractivity contribution >= 4 is 29.1 Å². The van der Waals surface area contributed by atoms with Gasteiger partial charge in [-0.15, -0.1) is 0 Å². The van der Waals surface area contributed by atoms with E-state index in [4.69, 9.17) is 15.0 Å². The van der Waals surface area contributed by atoms with E-state index in [-0.39, 0.29) is 11.6 Å². The maximum Gasteiger partial charge on any atom is 0.247 e. The molecule has 0 spiro atoms. The van der Waals surface area contributed by atoms with Crippen molar-refractivity contribution < 1.29 is 0 Å². The standard InChI is InChI=1S/C23H22N6O/c1-14(16-6-4-3-5-7-16)26-21-19-12-18(17-8-9-20(30)25-13-17)22-24-10-11-29(22)23(19)28-15(2)27-21/h3-9,12-14H,10-11H2,1-2H3,(H,25,30)(H,26,27,28). The Morgan fingerprint density at radius 2 is 1.97 bits per heavy atom. The highest BCUT2D eigenvalue weighted by Gasteiger charge is 2.32. The molecule has 0 saturated carbocycles. The number of rotatable bonds is 4. The monoisotopic (exact) mass is 398 g/mol. The molecule has 2 aromatic heterocycles. The first-order chi connectivity index (χ1) is 14.6. The van der Waals surface area contributed by atoms with Crippen LogP contribution in [0.5, 0.6) is 0 Å². The molecule has 2 aliphatic heterocycles. The number of benzene rings is 1. The second kappa shape index (κ2) is 7.26. The molecule has 1 unspecified atom stereocenters. The maximum absolute atomic E-state index is 11.5. The molecule has 2 aliphatic rings. The van der Waals surface area contributed by atoms with E-state index < -0.39 is 0 Å². The molecule has 0 radical (unpaired) electrons. The summed E-state index contributed by atoms with van der Waals surface area (Å²) in [5, 5.41) is 3.57. The second-order valence-electron chi connectivity index (χ2n) is 7.49. The van der Waals surface area contributed by atoms with E-state index in [1.54, 1.807) is 6.20 Å². The van der Waals surface area contributed by atoms with Gasteiger partial charge in [0.05, 0.1) is 12.1 Å². The van der Waals surface area contributed by atoms with Crippen molar-refractivity contribution in [2.24, 2.45) is 4.99 Å². The van der Waals surface area contributed by atoms with Crippen molar-refractivity contribution in [1.29, 1.82) is 0 Å². The Labute approximate surface area is 174 Å². The van der Waals surface area contributed by atoms with E-state index in [1.165, 1.54) is 11.6 Å². The average Bonchev–Trinajstić information content (AvgIpc) is 3.25. The molecule has 1 aromatic carbocycles. The van der Waals surface area contributed by atoms with Gasteiger partial charge in [-0.3, -0.25) is 9.79 Å². The summed E-state index contributed by atoms with van der Waals surface area (Å²) in [7, 11) is 0. The van der Waals surface area contributed by atoms with Crippen LogP contribution in [0.15, 0.2) is 58.4 Å². The molecule has 7 heteroatoms. The van der Waals surface area contributed by atoms with E-state index in [0.717, 1.165) is 40.7 Å². The molecule has 0 fully saturated rings. The van der Waals surface area contributed by atoms with Crippen LogP contribution in [0.3, 0.4) is 0 Å². The summed E-state index contributed by atoms with van der Waals surface area (Å²) in [6, 6.07) is 13.7. The number of H-pyrrole nitrogens is 1. The van der Waals surface area contributed by atoms with Crippen LogP contribution in [0.2, 0.25) is 0 Å². The molecule has 5 rings (SSSR count). The minimum absolute atomic E-state index is 0.0863. The number of nitrogens with one attached hydrogen (secondary N) is 2. The number of aromatic nitrogens is 3. The lowest BCUT2D eigenvalue weighted by molar-refractivity contribution is 0.862. The maximum atomic E-state index is 11.5. The lowest BCUT2D eigenvalue weighted by atomic mass is 9.99. The van der Waals surface area contributed by atoms with Crippen LogP contribution >= 0.6 is 0 Å². The molecule has 30 heavy (non-hydrogen) atoms. The normalized spacial score (nSPS) is 15.7. The first-order valence-corrected chi connectivity index (χ1v) is 10.0. The number of amidine groups is 1. The van der Waals surface area contributed by atoms with Crippen LogP contribution in [0.1, 0.15) is 35.5 Å². The minimum Gasteiger partial charge on any atom is -0.363 e. The molecular formula is C23H22N6O. The summed E-state index contributed by atoms with van der Waals surface area (Å²) in [6.07, 6.45) is 3.80. The van der Waals surface area contributed by atoms with Gasteiger partial charge in [-0.05, 0) is 31.6 Å².